The van der Waals surface area contributed by atoms with E-state index >= 15 is 0 Å². The predicted octanol–water partition coefficient (Wildman–Crippen LogP) is 0.143. The average molecular weight is 332 g/mol. The highest BCUT2D eigenvalue weighted by atomic mass is 16.5. The summed E-state index contributed by atoms with van der Waals surface area (Å²) in [5.41, 5.74) is 1.39. The monoisotopic (exact) mass is 332 g/mol. The van der Waals surface area contributed by atoms with Crippen LogP contribution < -0.4 is 10.6 Å². The molecule has 2 aromatic heterocycles. The maximum absolute atomic E-state index is 12.1. The molecule has 0 unspecified atom stereocenters. The summed E-state index contributed by atoms with van der Waals surface area (Å²) >= 11 is 0. The van der Waals surface area contributed by atoms with Crippen molar-refractivity contribution in [1.82, 2.24) is 25.7 Å². The molecule has 1 aliphatic heterocycles. The molecule has 0 fully saturated rings. The molecule has 10 heteroatoms. The highest BCUT2D eigenvalue weighted by Gasteiger charge is 2.36. The van der Waals surface area contributed by atoms with Crippen molar-refractivity contribution in [2.75, 3.05) is 19.0 Å². The Labute approximate surface area is 136 Å². The molecular weight excluding hydrogens is 316 g/mol. The van der Waals surface area contributed by atoms with Gasteiger partial charge in [0.25, 0.3) is 5.91 Å². The molecule has 0 radical (unpaired) electrons. The molecule has 0 aliphatic carbocycles. The molecule has 4 N–H and O–H groups in total. The number of amides is 2. The number of carbonyl (C=O) groups excluding carboxylic acids is 3. The molecule has 0 aromatic carbocycles. The van der Waals surface area contributed by atoms with Crippen LogP contribution in [0.4, 0.5) is 5.82 Å². The Hall–Kier alpha value is -3.17. The Morgan fingerprint density at radius 3 is 2.88 bits per heavy atom. The number of aromatic amines is 2. The largest absolute Gasteiger partial charge is 0.461 e. The molecule has 3 rings (SSSR count). The van der Waals surface area contributed by atoms with Crippen molar-refractivity contribution in [1.29, 1.82) is 0 Å². The fourth-order valence-corrected chi connectivity index (χ4v) is 2.75. The summed E-state index contributed by atoms with van der Waals surface area (Å²) in [5, 5.41) is 18.2. The van der Waals surface area contributed by atoms with Gasteiger partial charge in [0.05, 0.1) is 12.8 Å². The van der Waals surface area contributed by atoms with Crippen molar-refractivity contribution in [2.45, 2.75) is 19.3 Å². The van der Waals surface area contributed by atoms with Gasteiger partial charge in [0.15, 0.2) is 5.82 Å². The Balaban J connectivity index is 2.09. The number of hydrogen-bond acceptors (Lipinski definition) is 6. The number of fused-ring (bicyclic) bond motifs is 1. The quantitative estimate of drug-likeness (QED) is 0.587. The van der Waals surface area contributed by atoms with Crippen molar-refractivity contribution in [3.8, 4) is 0 Å². The molecule has 24 heavy (non-hydrogen) atoms. The standard InChI is InChI=1S/C14H16N6O4/c1-3-24-14(23)10-7(5-16-18-10)6-4-8(21)17-12-9(6)11(19-20-12)13(22)15-2/h5-6H,3-4H2,1-2H3,(H,15,22)(H,16,18)(H2,17,19,20,21)/t6-/m0/s1. The van der Waals surface area contributed by atoms with Gasteiger partial charge in [-0.25, -0.2) is 4.79 Å². The summed E-state index contributed by atoms with van der Waals surface area (Å²) < 4.78 is 5.00. The first-order valence-electron chi connectivity index (χ1n) is 7.37. The van der Waals surface area contributed by atoms with E-state index in [2.05, 4.69) is 31.0 Å². The molecule has 0 saturated heterocycles. The van der Waals surface area contributed by atoms with Gasteiger partial charge in [-0.15, -0.1) is 0 Å². The lowest BCUT2D eigenvalue weighted by Gasteiger charge is -2.22. The Kier molecular flexibility index (Phi) is 4.02. The number of rotatable bonds is 4. The zero-order valence-corrected chi connectivity index (χ0v) is 13.1. The molecular formula is C14H16N6O4. The molecule has 1 aliphatic rings. The number of hydrogen-bond donors (Lipinski definition) is 4. The lowest BCUT2D eigenvalue weighted by Crippen LogP contribution is -2.27. The molecule has 0 saturated carbocycles. The number of nitrogens with one attached hydrogen (secondary N) is 4. The van der Waals surface area contributed by atoms with Crippen LogP contribution in [0.5, 0.6) is 0 Å². The Bertz CT molecular complexity index is 808. The van der Waals surface area contributed by atoms with E-state index in [4.69, 9.17) is 4.74 Å². The van der Waals surface area contributed by atoms with Crippen LogP contribution in [0, 0.1) is 0 Å². The van der Waals surface area contributed by atoms with Crippen molar-refractivity contribution in [3.05, 3.63) is 28.7 Å². The van der Waals surface area contributed by atoms with Crippen LogP contribution in [0.2, 0.25) is 0 Å². The molecule has 10 nitrogen and oxygen atoms in total. The first-order valence-corrected chi connectivity index (χ1v) is 7.37. The molecule has 126 valence electrons. The minimum atomic E-state index is -0.567. The third-order valence-corrected chi connectivity index (χ3v) is 3.78. The van der Waals surface area contributed by atoms with E-state index in [-0.39, 0.29) is 42.0 Å². The van der Waals surface area contributed by atoms with Gasteiger partial charge in [-0.1, -0.05) is 0 Å². The van der Waals surface area contributed by atoms with Gasteiger partial charge in [-0.3, -0.25) is 19.8 Å². The molecule has 2 amide bonds. The van der Waals surface area contributed by atoms with Gasteiger partial charge in [-0.2, -0.15) is 10.2 Å². The summed E-state index contributed by atoms with van der Waals surface area (Å²) in [7, 11) is 1.49. The number of ether oxygens (including phenoxy) is 1. The lowest BCUT2D eigenvalue weighted by molar-refractivity contribution is -0.116. The number of carbonyl (C=O) groups is 3. The van der Waals surface area contributed by atoms with E-state index in [9.17, 15) is 14.4 Å². The molecule has 1 atom stereocenters. The summed E-state index contributed by atoms with van der Waals surface area (Å²) in [6.07, 6.45) is 1.52. The number of aromatic nitrogens is 4. The molecule has 0 spiro atoms. The molecule has 3 heterocycles. The van der Waals surface area contributed by atoms with Crippen molar-refractivity contribution in [3.63, 3.8) is 0 Å². The van der Waals surface area contributed by atoms with Gasteiger partial charge in [0.1, 0.15) is 11.4 Å². The lowest BCUT2D eigenvalue weighted by atomic mass is 9.85. The number of anilines is 1. The second-order valence-corrected chi connectivity index (χ2v) is 5.17. The van der Waals surface area contributed by atoms with E-state index in [0.29, 0.717) is 11.1 Å². The van der Waals surface area contributed by atoms with Crippen LogP contribution in [-0.4, -0.2) is 51.8 Å². The second kappa shape index (κ2) is 6.14. The average Bonchev–Trinajstić information content (AvgIpc) is 3.20. The maximum Gasteiger partial charge on any atom is 0.356 e. The van der Waals surface area contributed by atoms with E-state index < -0.39 is 11.9 Å². The molecule has 0 bridgehead atoms. The van der Waals surface area contributed by atoms with Crippen molar-refractivity contribution < 1.29 is 19.1 Å². The SMILES string of the molecule is CCOC(=O)c1[nH]ncc1[C@@H]1CC(=O)Nc2n[nH]c(C(=O)NC)c21. The Morgan fingerprint density at radius 2 is 2.17 bits per heavy atom. The van der Waals surface area contributed by atoms with Crippen LogP contribution in [-0.2, 0) is 9.53 Å². The number of H-pyrrole nitrogens is 2. The first kappa shape index (κ1) is 15.7. The van der Waals surface area contributed by atoms with Gasteiger partial charge in [0, 0.05) is 30.5 Å². The third-order valence-electron chi connectivity index (χ3n) is 3.78. The summed E-state index contributed by atoms with van der Waals surface area (Å²) in [6.45, 7) is 1.91. The summed E-state index contributed by atoms with van der Waals surface area (Å²) in [6, 6.07) is 0. The number of nitrogens with zero attached hydrogens (tertiary/aromatic N) is 2. The fourth-order valence-electron chi connectivity index (χ4n) is 2.75. The number of esters is 1. The summed E-state index contributed by atoms with van der Waals surface area (Å²) in [5.74, 6) is -1.48. The second-order valence-electron chi connectivity index (χ2n) is 5.17. The zero-order valence-electron chi connectivity index (χ0n) is 13.1. The summed E-state index contributed by atoms with van der Waals surface area (Å²) in [4.78, 5) is 36.1. The highest BCUT2D eigenvalue weighted by molar-refractivity contribution is 6.01. The van der Waals surface area contributed by atoms with Crippen LogP contribution in [0.15, 0.2) is 6.20 Å². The highest BCUT2D eigenvalue weighted by Crippen LogP contribution is 2.39. The van der Waals surface area contributed by atoms with Crippen LogP contribution in [0.25, 0.3) is 0 Å². The van der Waals surface area contributed by atoms with Crippen LogP contribution >= 0.6 is 0 Å². The van der Waals surface area contributed by atoms with E-state index in [0.717, 1.165) is 0 Å². The van der Waals surface area contributed by atoms with E-state index in [1.807, 2.05) is 0 Å². The van der Waals surface area contributed by atoms with E-state index in [1.165, 1.54) is 13.2 Å². The third kappa shape index (κ3) is 2.51. The first-order chi connectivity index (χ1) is 11.6. The topological polar surface area (TPSA) is 142 Å². The van der Waals surface area contributed by atoms with Gasteiger partial charge in [0.2, 0.25) is 5.91 Å². The fraction of sp³-hybridized carbons (Fsp3) is 0.357. The van der Waals surface area contributed by atoms with Crippen molar-refractivity contribution >= 4 is 23.6 Å². The minimum Gasteiger partial charge on any atom is -0.461 e. The maximum atomic E-state index is 12.1. The van der Waals surface area contributed by atoms with Gasteiger partial charge in [-0.05, 0) is 6.92 Å². The zero-order chi connectivity index (χ0) is 17.3. The molecule has 2 aromatic rings. The van der Waals surface area contributed by atoms with Crippen LogP contribution in [0.3, 0.4) is 0 Å². The Morgan fingerprint density at radius 1 is 1.38 bits per heavy atom. The van der Waals surface area contributed by atoms with Crippen LogP contribution in [0.1, 0.15) is 51.4 Å². The van der Waals surface area contributed by atoms with Gasteiger partial charge >= 0.3 is 5.97 Å². The smallest absolute Gasteiger partial charge is 0.356 e. The van der Waals surface area contributed by atoms with E-state index in [1.54, 1.807) is 6.92 Å². The van der Waals surface area contributed by atoms with Crippen molar-refractivity contribution in [2.24, 2.45) is 0 Å². The minimum absolute atomic E-state index is 0.0580. The van der Waals surface area contributed by atoms with Gasteiger partial charge < -0.3 is 15.4 Å². The predicted molar refractivity (Wildman–Crippen MR) is 81.6 cm³/mol. The normalized spacial score (nSPS) is 16.2.